The van der Waals surface area contributed by atoms with E-state index in [1.807, 2.05) is 4.57 Å². The summed E-state index contributed by atoms with van der Waals surface area (Å²) in [6, 6.07) is 4.76. The van der Waals surface area contributed by atoms with Crippen LogP contribution in [0.3, 0.4) is 0 Å². The van der Waals surface area contributed by atoms with Crippen LogP contribution in [0, 0.1) is 18.7 Å². The molecule has 2 aromatic rings. The van der Waals surface area contributed by atoms with Gasteiger partial charge in [-0.1, -0.05) is 37.7 Å². The van der Waals surface area contributed by atoms with Gasteiger partial charge in [0.2, 0.25) is 11.8 Å². The van der Waals surface area contributed by atoms with Crippen LogP contribution in [0.25, 0.3) is 0 Å². The van der Waals surface area contributed by atoms with E-state index < -0.39 is 0 Å². The Labute approximate surface area is 168 Å². The maximum absolute atomic E-state index is 13.3. The highest BCUT2D eigenvalue weighted by Crippen LogP contribution is 2.19. The summed E-state index contributed by atoms with van der Waals surface area (Å²) in [5.41, 5.74) is 6.61. The summed E-state index contributed by atoms with van der Waals surface area (Å²) in [5.74, 6) is 0.442. The molecule has 0 aliphatic carbocycles. The number of nitrogens with two attached hydrogens (primary N) is 1. The average Bonchev–Trinajstić information content (AvgIpc) is 3.00. The van der Waals surface area contributed by atoms with Crippen molar-refractivity contribution in [3.05, 3.63) is 41.0 Å². The number of aromatic nitrogens is 3. The highest BCUT2D eigenvalue weighted by Gasteiger charge is 2.16. The third-order valence-electron chi connectivity index (χ3n) is 3.98. The first kappa shape index (κ1) is 21.9. The van der Waals surface area contributed by atoms with Crippen LogP contribution in [0.1, 0.15) is 37.2 Å². The third kappa shape index (κ3) is 6.63. The molecule has 0 saturated carbocycles. The largest absolute Gasteiger partial charge is 0.370 e. The summed E-state index contributed by atoms with van der Waals surface area (Å²) < 4.78 is 15.2. The Hall–Kier alpha value is -2.42. The number of thioether (sulfide) groups is 1. The minimum Gasteiger partial charge on any atom is -0.370 e. The molecule has 2 amide bonds. The van der Waals surface area contributed by atoms with E-state index in [0.29, 0.717) is 42.0 Å². The van der Waals surface area contributed by atoms with Gasteiger partial charge in [0.25, 0.3) is 0 Å². The highest BCUT2D eigenvalue weighted by molar-refractivity contribution is 7.99. The number of halogens is 1. The van der Waals surface area contributed by atoms with Crippen molar-refractivity contribution in [2.45, 2.75) is 51.9 Å². The van der Waals surface area contributed by atoms with Crippen molar-refractivity contribution in [1.82, 2.24) is 20.1 Å². The fourth-order valence-corrected chi connectivity index (χ4v) is 3.39. The molecule has 1 heterocycles. The van der Waals surface area contributed by atoms with Gasteiger partial charge in [0.15, 0.2) is 5.16 Å². The van der Waals surface area contributed by atoms with Crippen LogP contribution in [0.5, 0.6) is 0 Å². The number of rotatable bonds is 10. The maximum Gasteiger partial charge on any atom is 0.230 e. The van der Waals surface area contributed by atoms with Crippen molar-refractivity contribution < 1.29 is 14.0 Å². The molecule has 1 aromatic heterocycles. The molecular weight excluding hydrogens is 381 g/mol. The van der Waals surface area contributed by atoms with Crippen molar-refractivity contribution in [2.24, 2.45) is 11.7 Å². The molecule has 0 bridgehead atoms. The van der Waals surface area contributed by atoms with Crippen LogP contribution in [0.4, 0.5) is 4.39 Å². The van der Waals surface area contributed by atoms with E-state index in [0.717, 1.165) is 5.56 Å². The standard InChI is InChI=1S/C19H26FN5O2S/c1-12(2)10-25-17(7-6-16(21)26)23-24-19(25)28-11-18(27)22-9-14-4-5-15(20)13(3)8-14/h4-5,8,12H,6-7,9-11H2,1-3H3,(H2,21,26)(H,22,27). The number of aryl methyl sites for hydroxylation is 2. The molecule has 28 heavy (non-hydrogen) atoms. The molecule has 152 valence electrons. The molecule has 0 radical (unpaired) electrons. The van der Waals surface area contributed by atoms with Crippen LogP contribution in [-0.4, -0.2) is 32.3 Å². The monoisotopic (exact) mass is 407 g/mol. The van der Waals surface area contributed by atoms with E-state index in [9.17, 15) is 14.0 Å². The number of nitrogens with one attached hydrogen (secondary N) is 1. The zero-order valence-corrected chi connectivity index (χ0v) is 17.2. The minimum atomic E-state index is -0.385. The van der Waals surface area contributed by atoms with Gasteiger partial charge in [-0.15, -0.1) is 10.2 Å². The molecule has 0 aliphatic rings. The van der Waals surface area contributed by atoms with Crippen LogP contribution in [0.15, 0.2) is 23.4 Å². The second kappa shape index (κ2) is 10.2. The molecule has 9 heteroatoms. The van der Waals surface area contributed by atoms with Crippen molar-refractivity contribution in [3.63, 3.8) is 0 Å². The fraction of sp³-hybridized carbons (Fsp3) is 0.474. The van der Waals surface area contributed by atoms with Crippen LogP contribution < -0.4 is 11.1 Å². The van der Waals surface area contributed by atoms with E-state index in [-0.39, 0.29) is 29.8 Å². The Morgan fingerprint density at radius 1 is 1.32 bits per heavy atom. The SMILES string of the molecule is Cc1cc(CNC(=O)CSc2nnc(CCC(N)=O)n2CC(C)C)ccc1F. The molecule has 0 fully saturated rings. The summed E-state index contributed by atoms with van der Waals surface area (Å²) in [4.78, 5) is 23.2. The normalized spacial score (nSPS) is 11.0. The lowest BCUT2D eigenvalue weighted by molar-refractivity contribution is -0.119. The number of carbonyl (C=O) groups excluding carboxylic acids is 2. The quantitative estimate of drug-likeness (QED) is 0.588. The van der Waals surface area contributed by atoms with Gasteiger partial charge in [0, 0.05) is 25.9 Å². The third-order valence-corrected chi connectivity index (χ3v) is 4.95. The molecule has 0 unspecified atom stereocenters. The first-order chi connectivity index (χ1) is 13.3. The Morgan fingerprint density at radius 2 is 2.07 bits per heavy atom. The average molecular weight is 408 g/mol. The second-order valence-corrected chi connectivity index (χ2v) is 7.96. The number of carbonyl (C=O) groups is 2. The van der Waals surface area contributed by atoms with Gasteiger partial charge < -0.3 is 15.6 Å². The Morgan fingerprint density at radius 3 is 2.71 bits per heavy atom. The van der Waals surface area contributed by atoms with E-state index in [1.54, 1.807) is 19.1 Å². The highest BCUT2D eigenvalue weighted by atomic mass is 32.2. The van der Waals surface area contributed by atoms with Crippen molar-refractivity contribution in [2.75, 3.05) is 5.75 Å². The zero-order valence-electron chi connectivity index (χ0n) is 16.4. The predicted octanol–water partition coefficient (Wildman–Crippen LogP) is 2.21. The van der Waals surface area contributed by atoms with E-state index in [2.05, 4.69) is 29.4 Å². The molecular formula is C19H26FN5O2S. The number of hydrogen-bond acceptors (Lipinski definition) is 5. The number of benzene rings is 1. The summed E-state index contributed by atoms with van der Waals surface area (Å²) in [6.45, 7) is 6.87. The van der Waals surface area contributed by atoms with Gasteiger partial charge in [-0.2, -0.15) is 0 Å². The number of hydrogen-bond donors (Lipinski definition) is 2. The predicted molar refractivity (Wildman–Crippen MR) is 106 cm³/mol. The van der Waals surface area contributed by atoms with Crippen LogP contribution in [-0.2, 0) is 29.1 Å². The van der Waals surface area contributed by atoms with Gasteiger partial charge in [-0.3, -0.25) is 9.59 Å². The summed E-state index contributed by atoms with van der Waals surface area (Å²) in [5, 5.41) is 11.8. The van der Waals surface area contributed by atoms with Gasteiger partial charge >= 0.3 is 0 Å². The summed E-state index contributed by atoms with van der Waals surface area (Å²) in [6.07, 6.45) is 0.629. The smallest absolute Gasteiger partial charge is 0.230 e. The number of primary amides is 1. The maximum atomic E-state index is 13.3. The van der Waals surface area contributed by atoms with Crippen LogP contribution in [0.2, 0.25) is 0 Å². The molecule has 0 atom stereocenters. The first-order valence-corrected chi connectivity index (χ1v) is 10.1. The molecule has 7 nitrogen and oxygen atoms in total. The van der Waals surface area contributed by atoms with Gasteiger partial charge in [-0.25, -0.2) is 4.39 Å². The molecule has 0 aliphatic heterocycles. The zero-order chi connectivity index (χ0) is 20.7. The van der Waals surface area contributed by atoms with E-state index in [1.165, 1.54) is 17.8 Å². The van der Waals surface area contributed by atoms with Crippen molar-refractivity contribution >= 4 is 23.6 Å². The molecule has 1 aromatic carbocycles. The van der Waals surface area contributed by atoms with E-state index in [4.69, 9.17) is 5.73 Å². The molecule has 0 spiro atoms. The second-order valence-electron chi connectivity index (χ2n) is 7.02. The summed E-state index contributed by atoms with van der Waals surface area (Å²) >= 11 is 1.29. The van der Waals surface area contributed by atoms with Gasteiger partial charge in [-0.05, 0) is 30.0 Å². The Bertz CT molecular complexity index is 838. The van der Waals surface area contributed by atoms with Crippen molar-refractivity contribution in [1.29, 1.82) is 0 Å². The lowest BCUT2D eigenvalue weighted by Crippen LogP contribution is -2.25. The Kier molecular flexibility index (Phi) is 7.98. The van der Waals surface area contributed by atoms with Crippen LogP contribution >= 0.6 is 11.8 Å². The summed E-state index contributed by atoms with van der Waals surface area (Å²) in [7, 11) is 0. The topological polar surface area (TPSA) is 103 Å². The lowest BCUT2D eigenvalue weighted by atomic mass is 10.1. The van der Waals surface area contributed by atoms with E-state index >= 15 is 0 Å². The van der Waals surface area contributed by atoms with Gasteiger partial charge in [0.05, 0.1) is 5.75 Å². The number of nitrogens with zero attached hydrogens (tertiary/aromatic N) is 3. The molecule has 2 rings (SSSR count). The lowest BCUT2D eigenvalue weighted by Gasteiger charge is -2.12. The van der Waals surface area contributed by atoms with Crippen molar-refractivity contribution in [3.8, 4) is 0 Å². The number of amides is 2. The van der Waals surface area contributed by atoms with Gasteiger partial charge in [0.1, 0.15) is 11.6 Å². The molecule has 3 N–H and O–H groups in total. The minimum absolute atomic E-state index is 0.148. The molecule has 0 saturated heterocycles. The Balaban J connectivity index is 1.93. The fourth-order valence-electron chi connectivity index (χ4n) is 2.59. The first-order valence-electron chi connectivity index (χ1n) is 9.11.